The van der Waals surface area contributed by atoms with Gasteiger partial charge in [0.05, 0.1) is 11.4 Å². The van der Waals surface area contributed by atoms with E-state index in [0.29, 0.717) is 22.9 Å². The van der Waals surface area contributed by atoms with Crippen LogP contribution in [0.4, 0.5) is 11.4 Å². The Morgan fingerprint density at radius 2 is 1.65 bits per heavy atom. The lowest BCUT2D eigenvalue weighted by molar-refractivity contribution is 0.335. The third-order valence-electron chi connectivity index (χ3n) is 3.04. The van der Waals surface area contributed by atoms with Crippen LogP contribution in [0.1, 0.15) is 0 Å². The first kappa shape index (κ1) is 16.9. The molecule has 0 atom stereocenters. The average Bonchev–Trinajstić information content (AvgIpc) is 2.68. The zero-order chi connectivity index (χ0) is 18.0. The molecular weight excluding hydrogens is 334 g/mol. The van der Waals surface area contributed by atoms with Gasteiger partial charge in [-0.3, -0.25) is 0 Å². The van der Waals surface area contributed by atoms with Gasteiger partial charge in [0.1, 0.15) is 5.75 Å². The van der Waals surface area contributed by atoms with Gasteiger partial charge in [0.2, 0.25) is 12.8 Å². The van der Waals surface area contributed by atoms with Crippen molar-refractivity contribution in [1.29, 1.82) is 0 Å². The second-order valence-corrected chi connectivity index (χ2v) is 4.83. The van der Waals surface area contributed by atoms with Gasteiger partial charge in [0.25, 0.3) is 0 Å². The second kappa shape index (κ2) is 8.78. The monoisotopic (exact) mass is 349 g/mol. The van der Waals surface area contributed by atoms with Gasteiger partial charge in [-0.05, 0) is 47.6 Å². The highest BCUT2D eigenvalue weighted by Crippen LogP contribution is 2.21. The van der Waals surface area contributed by atoms with Crippen molar-refractivity contribution in [3.63, 3.8) is 0 Å². The topological polar surface area (TPSA) is 104 Å². The molecular formula is C18H15N5O3. The van der Waals surface area contributed by atoms with Gasteiger partial charge in [-0.1, -0.05) is 12.1 Å². The molecule has 0 spiro atoms. The van der Waals surface area contributed by atoms with Crippen LogP contribution in [0.15, 0.2) is 77.1 Å². The zero-order valence-corrected chi connectivity index (χ0v) is 13.6. The largest absolute Gasteiger partial charge is 0.440 e. The Bertz CT molecular complexity index is 883. The minimum Gasteiger partial charge on any atom is -0.440 e. The third kappa shape index (κ3) is 5.03. The van der Waals surface area contributed by atoms with Crippen LogP contribution in [0, 0.1) is 0 Å². The quantitative estimate of drug-likeness (QED) is 0.303. The standard InChI is InChI=1S/C18H15N5O3/c19-16-4-1-2-5-17(16)24-13-23-25-12-22-14-6-8-15(9-7-14)26-18-20-10-3-11-21-18/h1-13H,19H2. The lowest BCUT2D eigenvalue weighted by atomic mass is 10.3. The smallest absolute Gasteiger partial charge is 0.321 e. The van der Waals surface area contributed by atoms with Crippen LogP contribution < -0.4 is 15.2 Å². The van der Waals surface area contributed by atoms with Gasteiger partial charge in [-0.2, -0.15) is 0 Å². The van der Waals surface area contributed by atoms with E-state index in [0.717, 1.165) is 6.40 Å². The van der Waals surface area contributed by atoms with Crippen LogP contribution in [0.3, 0.4) is 0 Å². The first-order valence-corrected chi connectivity index (χ1v) is 7.57. The van der Waals surface area contributed by atoms with Crippen LogP contribution >= 0.6 is 0 Å². The van der Waals surface area contributed by atoms with Crippen molar-refractivity contribution < 1.29 is 14.3 Å². The summed E-state index contributed by atoms with van der Waals surface area (Å²) in [6.45, 7) is 0. The summed E-state index contributed by atoms with van der Waals surface area (Å²) >= 11 is 0. The fourth-order valence-corrected chi connectivity index (χ4v) is 1.85. The third-order valence-corrected chi connectivity index (χ3v) is 3.04. The van der Waals surface area contributed by atoms with E-state index in [2.05, 4.69) is 20.1 Å². The van der Waals surface area contributed by atoms with Crippen molar-refractivity contribution in [2.24, 2.45) is 10.1 Å². The molecule has 0 bridgehead atoms. The summed E-state index contributed by atoms with van der Waals surface area (Å²) in [6.07, 6.45) is 5.53. The number of hydrogen-bond donors (Lipinski definition) is 1. The highest BCUT2D eigenvalue weighted by molar-refractivity contribution is 5.61. The first-order valence-electron chi connectivity index (χ1n) is 7.57. The molecule has 2 aromatic carbocycles. The van der Waals surface area contributed by atoms with Crippen molar-refractivity contribution in [2.75, 3.05) is 5.73 Å². The molecule has 0 radical (unpaired) electrons. The summed E-state index contributed by atoms with van der Waals surface area (Å²) in [5, 5.41) is 3.60. The number of nitrogens with zero attached hydrogens (tertiary/aromatic N) is 4. The van der Waals surface area contributed by atoms with E-state index >= 15 is 0 Å². The lowest BCUT2D eigenvalue weighted by Crippen LogP contribution is -1.95. The Labute approximate surface area is 149 Å². The molecule has 0 saturated carbocycles. The van der Waals surface area contributed by atoms with Gasteiger partial charge in [-0.25, -0.2) is 15.0 Å². The Morgan fingerprint density at radius 1 is 0.885 bits per heavy atom. The number of benzene rings is 2. The Kier molecular flexibility index (Phi) is 5.71. The summed E-state index contributed by atoms with van der Waals surface area (Å²) < 4.78 is 10.7. The van der Waals surface area contributed by atoms with E-state index in [4.69, 9.17) is 20.0 Å². The number of nitrogen functional groups attached to an aromatic ring is 1. The molecule has 0 fully saturated rings. The van der Waals surface area contributed by atoms with Crippen LogP contribution in [0.25, 0.3) is 0 Å². The number of anilines is 1. The van der Waals surface area contributed by atoms with Gasteiger partial charge in [0, 0.05) is 12.4 Å². The van der Waals surface area contributed by atoms with Crippen LogP contribution in [-0.2, 0) is 4.84 Å². The molecule has 1 heterocycles. The van der Waals surface area contributed by atoms with Gasteiger partial charge in [-0.15, -0.1) is 0 Å². The lowest BCUT2D eigenvalue weighted by Gasteiger charge is -2.02. The second-order valence-electron chi connectivity index (χ2n) is 4.83. The number of nitrogens with two attached hydrogens (primary N) is 1. The van der Waals surface area contributed by atoms with Crippen molar-refractivity contribution in [3.05, 3.63) is 67.0 Å². The van der Waals surface area contributed by atoms with E-state index in [1.807, 2.05) is 6.07 Å². The van der Waals surface area contributed by atoms with Crippen molar-refractivity contribution in [3.8, 4) is 17.5 Å². The minimum absolute atomic E-state index is 0.278. The highest BCUT2D eigenvalue weighted by atomic mass is 16.6. The molecule has 0 aliphatic carbocycles. The number of oxime groups is 1. The van der Waals surface area contributed by atoms with Crippen molar-refractivity contribution >= 4 is 24.2 Å². The molecule has 1 aromatic heterocycles. The molecule has 0 saturated heterocycles. The van der Waals surface area contributed by atoms with Crippen LogP contribution in [-0.4, -0.2) is 22.8 Å². The fourth-order valence-electron chi connectivity index (χ4n) is 1.85. The molecule has 130 valence electrons. The van der Waals surface area contributed by atoms with E-state index in [1.54, 1.807) is 60.9 Å². The van der Waals surface area contributed by atoms with Crippen molar-refractivity contribution in [1.82, 2.24) is 9.97 Å². The predicted octanol–water partition coefficient (Wildman–Crippen LogP) is 3.55. The normalized spacial score (nSPS) is 10.9. The molecule has 0 unspecified atom stereocenters. The maximum Gasteiger partial charge on any atom is 0.321 e. The number of para-hydroxylation sites is 2. The summed E-state index contributed by atoms with van der Waals surface area (Å²) in [6, 6.07) is 16.0. The summed E-state index contributed by atoms with van der Waals surface area (Å²) in [7, 11) is 0. The molecule has 3 rings (SSSR count). The molecule has 8 nitrogen and oxygen atoms in total. The summed E-state index contributed by atoms with van der Waals surface area (Å²) in [5.74, 6) is 1.10. The SMILES string of the molecule is Nc1ccccc1OC=NOC=Nc1ccc(Oc2ncccn2)cc1. The Hall–Kier alpha value is -3.94. The van der Waals surface area contributed by atoms with Gasteiger partial charge < -0.3 is 20.0 Å². The maximum atomic E-state index is 5.73. The summed E-state index contributed by atoms with van der Waals surface area (Å²) in [4.78, 5) is 16.9. The first-order chi connectivity index (χ1) is 12.8. The number of ether oxygens (including phenoxy) is 2. The molecule has 0 amide bonds. The number of aromatic nitrogens is 2. The molecule has 0 aliphatic heterocycles. The Balaban J connectivity index is 1.46. The summed E-state index contributed by atoms with van der Waals surface area (Å²) in [5.41, 5.74) is 6.90. The minimum atomic E-state index is 0.278. The predicted molar refractivity (Wildman–Crippen MR) is 97.8 cm³/mol. The van der Waals surface area contributed by atoms with Crippen molar-refractivity contribution in [2.45, 2.75) is 0 Å². The van der Waals surface area contributed by atoms with Crippen LogP contribution in [0.2, 0.25) is 0 Å². The molecule has 8 heteroatoms. The fraction of sp³-hybridized carbons (Fsp3) is 0. The number of rotatable bonds is 7. The zero-order valence-electron chi connectivity index (χ0n) is 13.6. The average molecular weight is 349 g/mol. The van der Waals surface area contributed by atoms with E-state index in [9.17, 15) is 0 Å². The van der Waals surface area contributed by atoms with Crippen LogP contribution in [0.5, 0.6) is 17.5 Å². The van der Waals surface area contributed by atoms with E-state index in [1.165, 1.54) is 6.40 Å². The van der Waals surface area contributed by atoms with Gasteiger partial charge >= 0.3 is 6.01 Å². The maximum absolute atomic E-state index is 5.73. The molecule has 3 aromatic rings. The number of hydrogen-bond acceptors (Lipinski definition) is 8. The number of aliphatic imine (C=N–C) groups is 1. The van der Waals surface area contributed by atoms with Gasteiger partial charge in [0.15, 0.2) is 5.75 Å². The highest BCUT2D eigenvalue weighted by Gasteiger charge is 1.99. The van der Waals surface area contributed by atoms with E-state index < -0.39 is 0 Å². The molecule has 2 N–H and O–H groups in total. The van der Waals surface area contributed by atoms with E-state index in [-0.39, 0.29) is 6.01 Å². The molecule has 26 heavy (non-hydrogen) atoms. The molecule has 0 aliphatic rings. The Morgan fingerprint density at radius 3 is 2.42 bits per heavy atom.